The Bertz CT molecular complexity index is 692. The van der Waals surface area contributed by atoms with Crippen LogP contribution >= 0.6 is 0 Å². The van der Waals surface area contributed by atoms with Crippen molar-refractivity contribution in [2.75, 3.05) is 26.9 Å². The summed E-state index contributed by atoms with van der Waals surface area (Å²) in [5.41, 5.74) is 0.867. The third-order valence-electron chi connectivity index (χ3n) is 6.55. The monoisotopic (exact) mass is 460 g/mol. The van der Waals surface area contributed by atoms with E-state index in [9.17, 15) is 4.79 Å². The number of hydrogen-bond acceptors (Lipinski definition) is 5. The van der Waals surface area contributed by atoms with E-state index in [2.05, 4.69) is 6.92 Å². The molecule has 1 fully saturated rings. The molecule has 1 aliphatic rings. The third kappa shape index (κ3) is 11.1. The molecule has 0 atom stereocenters. The average molecular weight is 461 g/mol. The maximum absolute atomic E-state index is 11.9. The predicted molar refractivity (Wildman–Crippen MR) is 134 cm³/mol. The third-order valence-corrected chi connectivity index (χ3v) is 6.55. The van der Waals surface area contributed by atoms with E-state index in [1.807, 2.05) is 18.2 Å². The number of benzene rings is 1. The molecule has 1 aromatic rings. The molecule has 5 heteroatoms. The van der Waals surface area contributed by atoms with Gasteiger partial charge in [-0.25, -0.2) is 4.79 Å². The Hall–Kier alpha value is -2.01. The number of methoxy groups -OCH3 is 1. The van der Waals surface area contributed by atoms with Gasteiger partial charge in [0, 0.05) is 12.7 Å². The SMILES string of the molecule is CCCCCC1CCC(COc2ccc(/C=C/C(=O)OCCCCCCO)cc2OC)CC1. The van der Waals surface area contributed by atoms with Gasteiger partial charge in [-0.2, -0.15) is 0 Å². The van der Waals surface area contributed by atoms with Gasteiger partial charge in [0.15, 0.2) is 11.5 Å². The molecule has 0 unspecified atom stereocenters. The number of unbranched alkanes of at least 4 members (excludes halogenated alkanes) is 5. The second kappa shape index (κ2) is 16.6. The Morgan fingerprint density at radius 3 is 2.48 bits per heavy atom. The van der Waals surface area contributed by atoms with Crippen molar-refractivity contribution in [3.8, 4) is 11.5 Å². The van der Waals surface area contributed by atoms with Gasteiger partial charge >= 0.3 is 5.97 Å². The fraction of sp³-hybridized carbons (Fsp3) is 0.679. The van der Waals surface area contributed by atoms with Crippen molar-refractivity contribution >= 4 is 12.0 Å². The molecule has 0 aliphatic heterocycles. The van der Waals surface area contributed by atoms with E-state index in [0.29, 0.717) is 18.3 Å². The van der Waals surface area contributed by atoms with E-state index in [4.69, 9.17) is 19.3 Å². The number of carbonyl (C=O) groups excluding carboxylic acids is 1. The minimum atomic E-state index is -0.346. The van der Waals surface area contributed by atoms with E-state index < -0.39 is 0 Å². The van der Waals surface area contributed by atoms with Crippen molar-refractivity contribution < 1.29 is 24.1 Å². The zero-order valence-electron chi connectivity index (χ0n) is 20.7. The van der Waals surface area contributed by atoms with Crippen LogP contribution in [0.15, 0.2) is 24.3 Å². The molecule has 0 heterocycles. The fourth-order valence-corrected chi connectivity index (χ4v) is 4.44. The number of aliphatic hydroxyl groups excluding tert-OH is 1. The van der Waals surface area contributed by atoms with Crippen LogP contribution in [-0.2, 0) is 9.53 Å². The van der Waals surface area contributed by atoms with Gasteiger partial charge in [-0.05, 0) is 67.7 Å². The van der Waals surface area contributed by atoms with Crippen LogP contribution in [0.4, 0.5) is 0 Å². The van der Waals surface area contributed by atoms with Crippen LogP contribution < -0.4 is 9.47 Å². The lowest BCUT2D eigenvalue weighted by atomic mass is 9.80. The topological polar surface area (TPSA) is 65.0 Å². The Kier molecular flexibility index (Phi) is 13.7. The summed E-state index contributed by atoms with van der Waals surface area (Å²) in [5, 5.41) is 8.76. The van der Waals surface area contributed by atoms with Crippen molar-refractivity contribution in [2.24, 2.45) is 11.8 Å². The molecule has 0 radical (unpaired) electrons. The Morgan fingerprint density at radius 2 is 1.76 bits per heavy atom. The standard InChI is InChI=1S/C28H44O5/c1-3-4-7-10-23-11-13-25(14-12-23)22-33-26-17-15-24(21-27(26)31-2)16-18-28(30)32-20-9-6-5-8-19-29/h15-18,21,23,25,29H,3-14,19-20,22H2,1-2H3/b18-16+. The van der Waals surface area contributed by atoms with Crippen LogP contribution in [0.1, 0.15) is 89.5 Å². The summed E-state index contributed by atoms with van der Waals surface area (Å²) in [5.74, 6) is 2.62. The molecule has 2 rings (SSSR count). The molecule has 5 nitrogen and oxygen atoms in total. The van der Waals surface area contributed by atoms with Crippen LogP contribution in [0.3, 0.4) is 0 Å². The van der Waals surface area contributed by atoms with Gasteiger partial charge in [0.2, 0.25) is 0 Å². The van der Waals surface area contributed by atoms with E-state index >= 15 is 0 Å². The number of rotatable bonds is 16. The molecule has 33 heavy (non-hydrogen) atoms. The molecular formula is C28H44O5. The molecule has 0 saturated heterocycles. The van der Waals surface area contributed by atoms with E-state index in [1.54, 1.807) is 13.2 Å². The minimum Gasteiger partial charge on any atom is -0.493 e. The van der Waals surface area contributed by atoms with Crippen LogP contribution in [0, 0.1) is 11.8 Å². The number of esters is 1. The first-order chi connectivity index (χ1) is 16.2. The highest BCUT2D eigenvalue weighted by Crippen LogP contribution is 2.34. The Labute approximate surface area is 200 Å². The smallest absolute Gasteiger partial charge is 0.330 e. The fourth-order valence-electron chi connectivity index (χ4n) is 4.44. The lowest BCUT2D eigenvalue weighted by molar-refractivity contribution is -0.137. The lowest BCUT2D eigenvalue weighted by Gasteiger charge is -2.28. The molecule has 0 aromatic heterocycles. The second-order valence-electron chi connectivity index (χ2n) is 9.24. The molecule has 1 aromatic carbocycles. The first-order valence-electron chi connectivity index (χ1n) is 12.9. The summed E-state index contributed by atoms with van der Waals surface area (Å²) >= 11 is 0. The van der Waals surface area contributed by atoms with Crippen molar-refractivity contribution in [3.05, 3.63) is 29.8 Å². The molecule has 0 spiro atoms. The van der Waals surface area contributed by atoms with Gasteiger partial charge in [-0.1, -0.05) is 57.9 Å². The molecular weight excluding hydrogens is 416 g/mol. The van der Waals surface area contributed by atoms with E-state index in [-0.39, 0.29) is 12.6 Å². The number of ether oxygens (including phenoxy) is 3. The average Bonchev–Trinajstić information content (AvgIpc) is 2.84. The maximum atomic E-state index is 11.9. The summed E-state index contributed by atoms with van der Waals surface area (Å²) in [6.07, 6.45) is 17.3. The van der Waals surface area contributed by atoms with Gasteiger partial charge < -0.3 is 19.3 Å². The normalized spacial score (nSPS) is 18.4. The quantitative estimate of drug-likeness (QED) is 0.172. The molecule has 1 N–H and O–H groups in total. The maximum Gasteiger partial charge on any atom is 0.330 e. The van der Waals surface area contributed by atoms with Gasteiger partial charge in [-0.3, -0.25) is 0 Å². The summed E-state index contributed by atoms with van der Waals surface area (Å²) in [7, 11) is 1.64. The number of aliphatic hydroxyl groups is 1. The second-order valence-corrected chi connectivity index (χ2v) is 9.24. The van der Waals surface area contributed by atoms with Gasteiger partial charge in [0.05, 0.1) is 20.3 Å². The largest absolute Gasteiger partial charge is 0.493 e. The zero-order valence-corrected chi connectivity index (χ0v) is 20.7. The number of carbonyl (C=O) groups is 1. The van der Waals surface area contributed by atoms with E-state index in [0.717, 1.165) is 49.5 Å². The van der Waals surface area contributed by atoms with Crippen LogP contribution in [0.25, 0.3) is 6.08 Å². The van der Waals surface area contributed by atoms with E-state index in [1.165, 1.54) is 57.4 Å². The van der Waals surface area contributed by atoms with Gasteiger partial charge in [0.1, 0.15) is 0 Å². The highest BCUT2D eigenvalue weighted by molar-refractivity contribution is 5.87. The van der Waals surface area contributed by atoms with Gasteiger partial charge in [0.25, 0.3) is 0 Å². The molecule has 1 aliphatic carbocycles. The Morgan fingerprint density at radius 1 is 1.00 bits per heavy atom. The highest BCUT2D eigenvalue weighted by atomic mass is 16.5. The number of hydrogen-bond donors (Lipinski definition) is 1. The van der Waals surface area contributed by atoms with Crippen molar-refractivity contribution in [2.45, 2.75) is 84.0 Å². The molecule has 1 saturated carbocycles. The van der Waals surface area contributed by atoms with Crippen molar-refractivity contribution in [3.63, 3.8) is 0 Å². The minimum absolute atomic E-state index is 0.218. The summed E-state index contributed by atoms with van der Waals surface area (Å²) in [6, 6.07) is 5.74. The van der Waals surface area contributed by atoms with Crippen LogP contribution in [0.5, 0.6) is 11.5 Å². The first kappa shape index (κ1) is 27.2. The lowest BCUT2D eigenvalue weighted by Crippen LogP contribution is -2.20. The molecule has 0 bridgehead atoms. The Balaban J connectivity index is 1.73. The summed E-state index contributed by atoms with van der Waals surface area (Å²) < 4.78 is 16.9. The zero-order chi connectivity index (χ0) is 23.7. The van der Waals surface area contributed by atoms with Gasteiger partial charge in [-0.15, -0.1) is 0 Å². The molecule has 0 amide bonds. The van der Waals surface area contributed by atoms with Crippen LogP contribution in [0.2, 0.25) is 0 Å². The summed E-state index contributed by atoms with van der Waals surface area (Å²) in [4.78, 5) is 11.9. The first-order valence-corrected chi connectivity index (χ1v) is 12.9. The highest BCUT2D eigenvalue weighted by Gasteiger charge is 2.21. The van der Waals surface area contributed by atoms with Crippen LogP contribution in [-0.4, -0.2) is 38.0 Å². The van der Waals surface area contributed by atoms with Crippen molar-refractivity contribution in [1.29, 1.82) is 0 Å². The molecule has 186 valence electrons. The summed E-state index contributed by atoms with van der Waals surface area (Å²) in [6.45, 7) is 3.63. The van der Waals surface area contributed by atoms with Crippen molar-refractivity contribution in [1.82, 2.24) is 0 Å². The predicted octanol–water partition coefficient (Wildman–Crippen LogP) is 6.57.